The smallest absolute Gasteiger partial charge is 0.298 e. The molecule has 2 fully saturated rings. The van der Waals surface area contributed by atoms with Crippen molar-refractivity contribution >= 4 is 56.7 Å². The standard InChI is InChI=1S/C29H26BrN7O5/c1-15(39)26-19-8-17(18-11-31-16(2)32-12-18)4-5-20(19)36(35-26)13-25(40)37-21(9-29(3)10-23(29)37)28(41)34-27-22(42-14-38)6-7-24(30)33-27/h4-8,11-12,14,21,23H,9-10,13H2,1-3H3,(H,33,34,41)/t21-,23+,29-/m0/s1. The highest BCUT2D eigenvalue weighted by molar-refractivity contribution is 9.10. The van der Waals surface area contributed by atoms with Crippen LogP contribution in [0.25, 0.3) is 22.0 Å². The number of hydrogen-bond acceptors (Lipinski definition) is 9. The van der Waals surface area contributed by atoms with Crippen molar-refractivity contribution < 1.29 is 23.9 Å². The van der Waals surface area contributed by atoms with Crippen molar-refractivity contribution in [3.8, 4) is 16.9 Å². The van der Waals surface area contributed by atoms with E-state index in [9.17, 15) is 19.2 Å². The number of carbonyl (C=O) groups is 4. The first-order valence-corrected chi connectivity index (χ1v) is 14.1. The van der Waals surface area contributed by atoms with E-state index >= 15 is 0 Å². The van der Waals surface area contributed by atoms with Gasteiger partial charge in [-0.15, -0.1) is 0 Å². The third kappa shape index (κ3) is 4.93. The summed E-state index contributed by atoms with van der Waals surface area (Å²) in [5, 5.41) is 7.85. The molecule has 0 bridgehead atoms. The van der Waals surface area contributed by atoms with Crippen LogP contribution in [0.3, 0.4) is 0 Å². The van der Waals surface area contributed by atoms with Gasteiger partial charge in [-0.2, -0.15) is 5.10 Å². The fourth-order valence-corrected chi connectivity index (χ4v) is 6.02. The number of rotatable bonds is 8. The second-order valence-corrected chi connectivity index (χ2v) is 11.7. The predicted octanol–water partition coefficient (Wildman–Crippen LogP) is 3.72. The monoisotopic (exact) mass is 631 g/mol. The molecule has 214 valence electrons. The zero-order chi connectivity index (χ0) is 29.8. The summed E-state index contributed by atoms with van der Waals surface area (Å²) in [6.07, 6.45) is 4.70. The Hall–Kier alpha value is -4.52. The second kappa shape index (κ2) is 10.4. The van der Waals surface area contributed by atoms with E-state index < -0.39 is 11.9 Å². The normalized spacial score (nSPS) is 20.7. The Balaban J connectivity index is 1.28. The summed E-state index contributed by atoms with van der Waals surface area (Å²) in [5.74, 6) is -0.143. The van der Waals surface area contributed by atoms with Gasteiger partial charge in [0.15, 0.2) is 17.4 Å². The lowest BCUT2D eigenvalue weighted by molar-refractivity contribution is -0.138. The zero-order valence-electron chi connectivity index (χ0n) is 23.0. The van der Waals surface area contributed by atoms with Gasteiger partial charge in [0.1, 0.15) is 28.7 Å². The van der Waals surface area contributed by atoms with Crippen LogP contribution in [-0.2, 0) is 20.9 Å². The molecule has 42 heavy (non-hydrogen) atoms. The number of ether oxygens (including phenoxy) is 1. The number of aryl methyl sites for hydroxylation is 1. The van der Waals surface area contributed by atoms with Crippen LogP contribution in [0.5, 0.6) is 5.75 Å². The molecule has 1 aliphatic heterocycles. The first kappa shape index (κ1) is 27.6. The first-order valence-electron chi connectivity index (χ1n) is 13.3. The first-order chi connectivity index (χ1) is 20.1. The fourth-order valence-electron chi connectivity index (χ4n) is 5.71. The van der Waals surface area contributed by atoms with Crippen LogP contribution in [0.4, 0.5) is 5.82 Å². The lowest BCUT2D eigenvalue weighted by Gasteiger charge is -2.27. The van der Waals surface area contributed by atoms with Gasteiger partial charge < -0.3 is 15.0 Å². The number of benzene rings is 1. The molecule has 1 saturated heterocycles. The van der Waals surface area contributed by atoms with Gasteiger partial charge in [-0.05, 0) is 70.9 Å². The molecule has 6 rings (SSSR count). The van der Waals surface area contributed by atoms with E-state index in [-0.39, 0.29) is 53.4 Å². The number of pyridine rings is 1. The van der Waals surface area contributed by atoms with Crippen LogP contribution in [0.1, 0.15) is 43.0 Å². The van der Waals surface area contributed by atoms with Gasteiger partial charge in [-0.25, -0.2) is 15.0 Å². The van der Waals surface area contributed by atoms with Crippen LogP contribution >= 0.6 is 15.9 Å². The van der Waals surface area contributed by atoms with Crippen molar-refractivity contribution in [2.75, 3.05) is 5.32 Å². The molecule has 0 radical (unpaired) electrons. The Morgan fingerprint density at radius 1 is 1.14 bits per heavy atom. The molecule has 12 nitrogen and oxygen atoms in total. The number of carbonyl (C=O) groups excluding carboxylic acids is 4. The Morgan fingerprint density at radius 2 is 1.90 bits per heavy atom. The predicted molar refractivity (Wildman–Crippen MR) is 155 cm³/mol. The van der Waals surface area contributed by atoms with Crippen molar-refractivity contribution in [2.24, 2.45) is 5.41 Å². The summed E-state index contributed by atoms with van der Waals surface area (Å²) in [6, 6.07) is 7.78. The molecule has 3 atom stereocenters. The van der Waals surface area contributed by atoms with Crippen molar-refractivity contribution in [3.63, 3.8) is 0 Å². The maximum absolute atomic E-state index is 13.8. The Kier molecular flexibility index (Phi) is 6.84. The zero-order valence-corrected chi connectivity index (χ0v) is 24.6. The number of nitrogens with one attached hydrogen (secondary N) is 1. The maximum Gasteiger partial charge on any atom is 0.298 e. The number of aromatic nitrogens is 5. The van der Waals surface area contributed by atoms with Gasteiger partial charge in [-0.3, -0.25) is 23.9 Å². The highest BCUT2D eigenvalue weighted by atomic mass is 79.9. The van der Waals surface area contributed by atoms with Crippen LogP contribution < -0.4 is 10.1 Å². The minimum Gasteiger partial charge on any atom is -0.425 e. The number of nitrogens with zero attached hydrogens (tertiary/aromatic N) is 6. The molecule has 0 spiro atoms. The van der Waals surface area contributed by atoms with Gasteiger partial charge in [0.25, 0.3) is 6.47 Å². The average Bonchev–Trinajstić information content (AvgIpc) is 3.32. The minimum atomic E-state index is -0.756. The van der Waals surface area contributed by atoms with Crippen LogP contribution in [-0.4, -0.2) is 65.8 Å². The third-order valence-electron chi connectivity index (χ3n) is 7.95. The maximum atomic E-state index is 13.8. The van der Waals surface area contributed by atoms with E-state index in [1.807, 2.05) is 18.2 Å². The van der Waals surface area contributed by atoms with Gasteiger partial charge in [0, 0.05) is 36.3 Å². The van der Waals surface area contributed by atoms with Crippen LogP contribution in [0.2, 0.25) is 0 Å². The second-order valence-electron chi connectivity index (χ2n) is 10.9. The molecule has 1 aromatic carbocycles. The molecule has 1 N–H and O–H groups in total. The molecular formula is C29H26BrN7O5. The number of likely N-dealkylation sites (tertiary alicyclic amines) is 1. The number of hydrogen-bond donors (Lipinski definition) is 1. The van der Waals surface area contributed by atoms with E-state index in [2.05, 4.69) is 48.2 Å². The molecule has 4 heterocycles. The molecular weight excluding hydrogens is 606 g/mol. The number of amides is 2. The van der Waals surface area contributed by atoms with E-state index in [1.165, 1.54) is 17.7 Å². The molecule has 1 saturated carbocycles. The molecule has 3 aromatic heterocycles. The molecule has 2 amide bonds. The largest absolute Gasteiger partial charge is 0.425 e. The number of anilines is 1. The number of halogens is 1. The molecule has 4 aromatic rings. The number of ketones is 1. The molecule has 1 aliphatic carbocycles. The van der Waals surface area contributed by atoms with Gasteiger partial charge in [0.05, 0.1) is 5.52 Å². The summed E-state index contributed by atoms with van der Waals surface area (Å²) in [6.45, 7) is 5.39. The fraction of sp³-hybridized carbons (Fsp3) is 0.310. The highest BCUT2D eigenvalue weighted by Crippen LogP contribution is 2.59. The molecule has 0 unspecified atom stereocenters. The van der Waals surface area contributed by atoms with E-state index in [1.54, 1.807) is 30.3 Å². The van der Waals surface area contributed by atoms with Crippen molar-refractivity contribution in [1.29, 1.82) is 0 Å². The average molecular weight is 632 g/mol. The van der Waals surface area contributed by atoms with Crippen molar-refractivity contribution in [1.82, 2.24) is 29.6 Å². The summed E-state index contributed by atoms with van der Waals surface area (Å²) in [7, 11) is 0. The molecule has 2 aliphatic rings. The Labute approximate surface area is 248 Å². The quantitative estimate of drug-likeness (QED) is 0.174. The van der Waals surface area contributed by atoms with Crippen molar-refractivity contribution in [3.05, 3.63) is 58.8 Å². The SMILES string of the molecule is CC(=O)c1nn(CC(=O)N2[C@H](C(=O)Nc3nc(Br)ccc3OC=O)C[C@@]3(C)C[C@@H]23)c2ccc(-c3cnc(C)nc3)cc12. The lowest BCUT2D eigenvalue weighted by Crippen LogP contribution is -2.46. The third-order valence-corrected chi connectivity index (χ3v) is 8.39. The van der Waals surface area contributed by atoms with Gasteiger partial charge in [-0.1, -0.05) is 13.0 Å². The summed E-state index contributed by atoms with van der Waals surface area (Å²) < 4.78 is 6.91. The highest BCUT2D eigenvalue weighted by Gasteiger charge is 2.64. The minimum absolute atomic E-state index is 0.0681. The van der Waals surface area contributed by atoms with Crippen molar-refractivity contribution in [2.45, 2.75) is 52.2 Å². The van der Waals surface area contributed by atoms with Crippen LogP contribution in [0.15, 0.2) is 47.3 Å². The number of fused-ring (bicyclic) bond motifs is 2. The number of piperidine rings is 1. The van der Waals surface area contributed by atoms with E-state index in [0.717, 1.165) is 17.5 Å². The summed E-state index contributed by atoms with van der Waals surface area (Å²) in [5.41, 5.74) is 2.31. The summed E-state index contributed by atoms with van der Waals surface area (Å²) in [4.78, 5) is 65.1. The Morgan fingerprint density at radius 3 is 2.62 bits per heavy atom. The van der Waals surface area contributed by atoms with E-state index in [0.29, 0.717) is 27.8 Å². The van der Waals surface area contributed by atoms with Gasteiger partial charge >= 0.3 is 0 Å². The van der Waals surface area contributed by atoms with E-state index in [4.69, 9.17) is 4.74 Å². The Bertz CT molecular complexity index is 1770. The topological polar surface area (TPSA) is 149 Å². The summed E-state index contributed by atoms with van der Waals surface area (Å²) >= 11 is 3.26. The lowest BCUT2D eigenvalue weighted by atomic mass is 10.0. The van der Waals surface area contributed by atoms with Gasteiger partial charge in [0.2, 0.25) is 11.8 Å². The van der Waals surface area contributed by atoms with Crippen LogP contribution in [0, 0.1) is 12.3 Å². The molecule has 13 heteroatoms. The number of Topliss-reactive ketones (excluding diaryl/α,β-unsaturated/α-hetero) is 1.